The van der Waals surface area contributed by atoms with Gasteiger partial charge in [0.1, 0.15) is 12.3 Å². The minimum Gasteiger partial charge on any atom is -0.495 e. The Morgan fingerprint density at radius 2 is 1.70 bits per heavy atom. The summed E-state index contributed by atoms with van der Waals surface area (Å²) in [4.78, 5) is 12.9. The number of anilines is 2. The third kappa shape index (κ3) is 5.01. The van der Waals surface area contributed by atoms with E-state index in [1.165, 1.54) is 19.2 Å². The molecule has 0 heterocycles. The number of carbonyl (C=O) groups is 1. The minimum atomic E-state index is -3.95. The summed E-state index contributed by atoms with van der Waals surface area (Å²) < 4.78 is 33.8. The first-order valence-electron chi connectivity index (χ1n) is 9.09. The third-order valence-electron chi connectivity index (χ3n) is 4.36. The number of nitrogens with zero attached hydrogens (tertiary/aromatic N) is 1. The summed E-state index contributed by atoms with van der Waals surface area (Å²) in [6.45, 7) is 1.50. The Morgan fingerprint density at radius 1 is 1.03 bits per heavy atom. The molecule has 156 valence electrons. The summed E-state index contributed by atoms with van der Waals surface area (Å²) in [6, 6.07) is 20.2. The summed E-state index contributed by atoms with van der Waals surface area (Å²) in [6.07, 6.45) is 0. The average Bonchev–Trinajstić information content (AvgIpc) is 2.73. The molecule has 0 aliphatic rings. The van der Waals surface area contributed by atoms with Crippen molar-refractivity contribution in [2.45, 2.75) is 11.8 Å². The number of aryl methyl sites for hydroxylation is 1. The van der Waals surface area contributed by atoms with E-state index < -0.39 is 22.5 Å². The molecule has 6 nitrogen and oxygen atoms in total. The molecule has 0 radical (unpaired) electrons. The quantitative estimate of drug-likeness (QED) is 0.527. The van der Waals surface area contributed by atoms with Crippen molar-refractivity contribution in [3.8, 4) is 5.75 Å². The molecular weight excluding hydrogens is 468 g/mol. The van der Waals surface area contributed by atoms with Crippen LogP contribution in [0.25, 0.3) is 0 Å². The predicted octanol–water partition coefficient (Wildman–Crippen LogP) is 4.60. The van der Waals surface area contributed by atoms with Crippen molar-refractivity contribution < 1.29 is 17.9 Å². The topological polar surface area (TPSA) is 75.7 Å². The monoisotopic (exact) mass is 488 g/mol. The second-order valence-corrected chi connectivity index (χ2v) is 9.33. The molecule has 30 heavy (non-hydrogen) atoms. The van der Waals surface area contributed by atoms with Gasteiger partial charge in [0, 0.05) is 4.47 Å². The van der Waals surface area contributed by atoms with Crippen LogP contribution in [0.15, 0.2) is 82.2 Å². The van der Waals surface area contributed by atoms with Gasteiger partial charge in [-0.05, 0) is 61.0 Å². The Morgan fingerprint density at radius 3 is 2.33 bits per heavy atom. The molecule has 0 fully saturated rings. The molecule has 0 saturated carbocycles. The normalized spacial score (nSPS) is 11.0. The highest BCUT2D eigenvalue weighted by molar-refractivity contribution is 9.10. The number of carbonyl (C=O) groups excluding carboxylic acids is 1. The molecule has 0 aromatic heterocycles. The van der Waals surface area contributed by atoms with Gasteiger partial charge < -0.3 is 10.1 Å². The Hall–Kier alpha value is -2.84. The van der Waals surface area contributed by atoms with E-state index in [1.807, 2.05) is 13.0 Å². The molecule has 0 unspecified atom stereocenters. The largest absolute Gasteiger partial charge is 0.495 e. The fourth-order valence-corrected chi connectivity index (χ4v) is 4.59. The highest BCUT2D eigenvalue weighted by Gasteiger charge is 2.27. The van der Waals surface area contributed by atoms with Crippen LogP contribution < -0.4 is 14.4 Å². The van der Waals surface area contributed by atoms with Gasteiger partial charge in [0.25, 0.3) is 10.0 Å². The van der Waals surface area contributed by atoms with E-state index in [0.717, 1.165) is 14.3 Å². The zero-order chi connectivity index (χ0) is 21.7. The van der Waals surface area contributed by atoms with Gasteiger partial charge in [0.05, 0.1) is 23.4 Å². The third-order valence-corrected chi connectivity index (χ3v) is 6.68. The fraction of sp³-hybridized carbons (Fsp3) is 0.136. The number of nitrogens with one attached hydrogen (secondary N) is 1. The highest BCUT2D eigenvalue weighted by atomic mass is 79.9. The lowest BCUT2D eigenvalue weighted by molar-refractivity contribution is -0.114. The summed E-state index contributed by atoms with van der Waals surface area (Å²) >= 11 is 3.35. The van der Waals surface area contributed by atoms with Crippen LogP contribution in [0.2, 0.25) is 0 Å². The number of rotatable bonds is 7. The summed E-state index contributed by atoms with van der Waals surface area (Å²) in [5.41, 5.74) is 1.80. The molecule has 8 heteroatoms. The van der Waals surface area contributed by atoms with Crippen molar-refractivity contribution in [1.29, 1.82) is 0 Å². The van der Waals surface area contributed by atoms with Crippen LogP contribution in [0.1, 0.15) is 5.56 Å². The van der Waals surface area contributed by atoms with Gasteiger partial charge in [-0.2, -0.15) is 0 Å². The van der Waals surface area contributed by atoms with Gasteiger partial charge in [-0.1, -0.05) is 40.2 Å². The van der Waals surface area contributed by atoms with E-state index in [0.29, 0.717) is 17.1 Å². The first-order valence-corrected chi connectivity index (χ1v) is 11.3. The van der Waals surface area contributed by atoms with E-state index in [2.05, 4.69) is 21.2 Å². The summed E-state index contributed by atoms with van der Waals surface area (Å²) in [5.74, 6) is 0.0105. The first-order chi connectivity index (χ1) is 14.3. The summed E-state index contributed by atoms with van der Waals surface area (Å²) in [5, 5.41) is 2.76. The van der Waals surface area contributed by atoms with Crippen LogP contribution in [0.5, 0.6) is 5.75 Å². The lowest BCUT2D eigenvalue weighted by Gasteiger charge is -2.24. The van der Waals surface area contributed by atoms with Crippen molar-refractivity contribution in [1.82, 2.24) is 0 Å². The predicted molar refractivity (Wildman–Crippen MR) is 121 cm³/mol. The Labute approximate surface area is 184 Å². The number of methoxy groups -OCH3 is 1. The van der Waals surface area contributed by atoms with Gasteiger partial charge in [-0.15, -0.1) is 0 Å². The van der Waals surface area contributed by atoms with Crippen LogP contribution in [0.4, 0.5) is 11.4 Å². The van der Waals surface area contributed by atoms with Gasteiger partial charge in [-0.3, -0.25) is 9.10 Å². The number of halogens is 1. The van der Waals surface area contributed by atoms with Gasteiger partial charge in [0.15, 0.2) is 0 Å². The van der Waals surface area contributed by atoms with E-state index in [1.54, 1.807) is 54.6 Å². The van der Waals surface area contributed by atoms with Crippen LogP contribution in [0, 0.1) is 6.92 Å². The Kier molecular flexibility index (Phi) is 6.79. The molecule has 3 aromatic carbocycles. The van der Waals surface area contributed by atoms with Crippen molar-refractivity contribution in [3.63, 3.8) is 0 Å². The maximum Gasteiger partial charge on any atom is 0.264 e. The molecule has 1 amide bonds. The molecule has 0 atom stereocenters. The molecule has 0 saturated heterocycles. The van der Waals surface area contributed by atoms with Gasteiger partial charge in [-0.25, -0.2) is 8.42 Å². The fourth-order valence-electron chi connectivity index (χ4n) is 2.88. The molecule has 0 aliphatic heterocycles. The molecular formula is C22H21BrN2O4S. The standard InChI is InChI=1S/C22H21BrN2O4S/c1-16-8-13-21(29-2)20(14-16)24-22(26)15-25(18-11-9-17(23)10-12-18)30(27,28)19-6-4-3-5-7-19/h3-14H,15H2,1-2H3,(H,24,26). The van der Waals surface area contributed by atoms with Crippen molar-refractivity contribution in [3.05, 3.63) is 82.8 Å². The second kappa shape index (κ2) is 9.32. The second-order valence-electron chi connectivity index (χ2n) is 6.55. The molecule has 0 bridgehead atoms. The van der Waals surface area contributed by atoms with Crippen molar-refractivity contribution in [2.75, 3.05) is 23.3 Å². The number of sulfonamides is 1. The van der Waals surface area contributed by atoms with Gasteiger partial charge in [0.2, 0.25) is 5.91 Å². The van der Waals surface area contributed by atoms with E-state index >= 15 is 0 Å². The molecule has 3 aromatic rings. The lowest BCUT2D eigenvalue weighted by Crippen LogP contribution is -2.38. The molecule has 0 aliphatic carbocycles. The molecule has 3 rings (SSSR count). The van der Waals surface area contributed by atoms with Crippen LogP contribution in [0.3, 0.4) is 0 Å². The first kappa shape index (κ1) is 21.9. The Balaban J connectivity index is 1.94. The van der Waals surface area contributed by atoms with Crippen molar-refractivity contribution >= 4 is 43.2 Å². The Bertz CT molecular complexity index is 1130. The zero-order valence-corrected chi connectivity index (χ0v) is 18.9. The maximum atomic E-state index is 13.3. The van der Waals surface area contributed by atoms with E-state index in [9.17, 15) is 13.2 Å². The van der Waals surface area contributed by atoms with Crippen LogP contribution >= 0.6 is 15.9 Å². The lowest BCUT2D eigenvalue weighted by atomic mass is 10.2. The number of hydrogen-bond donors (Lipinski definition) is 1. The summed E-state index contributed by atoms with van der Waals surface area (Å²) in [7, 11) is -2.44. The van der Waals surface area contributed by atoms with E-state index in [4.69, 9.17) is 4.74 Å². The van der Waals surface area contributed by atoms with Crippen molar-refractivity contribution in [2.24, 2.45) is 0 Å². The number of amides is 1. The maximum absolute atomic E-state index is 13.3. The highest BCUT2D eigenvalue weighted by Crippen LogP contribution is 2.27. The number of benzene rings is 3. The molecule has 0 spiro atoms. The van der Waals surface area contributed by atoms with E-state index in [-0.39, 0.29) is 4.90 Å². The van der Waals surface area contributed by atoms with Crippen LogP contribution in [-0.2, 0) is 14.8 Å². The van der Waals surface area contributed by atoms with Gasteiger partial charge >= 0.3 is 0 Å². The average molecular weight is 489 g/mol. The molecule has 1 N–H and O–H groups in total. The SMILES string of the molecule is COc1ccc(C)cc1NC(=O)CN(c1ccc(Br)cc1)S(=O)(=O)c1ccccc1. The number of ether oxygens (including phenoxy) is 1. The van der Waals surface area contributed by atoms with Crippen LogP contribution in [-0.4, -0.2) is 28.0 Å². The minimum absolute atomic E-state index is 0.105. The zero-order valence-electron chi connectivity index (χ0n) is 16.5. The smallest absolute Gasteiger partial charge is 0.264 e. The number of hydrogen-bond acceptors (Lipinski definition) is 4.